The highest BCUT2D eigenvalue weighted by atomic mass is 16.7. The summed E-state index contributed by atoms with van der Waals surface area (Å²) in [4.78, 5) is 9.71. The largest absolute Gasteiger partial charge is 0.549 e. The Hall–Kier alpha value is -0.730. The summed E-state index contributed by atoms with van der Waals surface area (Å²) < 4.78 is 4.20. The zero-order valence-corrected chi connectivity index (χ0v) is 6.42. The van der Waals surface area contributed by atoms with Crippen LogP contribution in [0, 0.1) is 5.92 Å². The van der Waals surface area contributed by atoms with Gasteiger partial charge < -0.3 is 4.74 Å². The van der Waals surface area contributed by atoms with Gasteiger partial charge in [-0.25, -0.2) is 0 Å². The Morgan fingerprint density at radius 2 is 2.10 bits per heavy atom. The normalized spacial score (nSPS) is 9.90. The Balaban J connectivity index is 2.98. The molecule has 0 atom stereocenters. The van der Waals surface area contributed by atoms with Gasteiger partial charge in [0.15, 0.2) is 0 Å². The van der Waals surface area contributed by atoms with Crippen molar-refractivity contribution in [3.8, 4) is 0 Å². The molecule has 0 aromatic rings. The summed E-state index contributed by atoms with van der Waals surface area (Å²) in [6.07, 6.45) is 0.350. The molecule has 0 spiro atoms. The molecule has 0 aromatic carbocycles. The molecular weight excluding hydrogens is 132 g/mol. The third kappa shape index (κ3) is 7.27. The molecule has 0 saturated heterocycles. The van der Waals surface area contributed by atoms with Gasteiger partial charge in [0.2, 0.25) is 0 Å². The second kappa shape index (κ2) is 5.09. The van der Waals surface area contributed by atoms with E-state index in [1.807, 2.05) is 0 Å². The molecule has 3 nitrogen and oxygen atoms in total. The number of hydrogen-bond acceptors (Lipinski definition) is 2. The Labute approximate surface area is 61.0 Å². The minimum Gasteiger partial charge on any atom is -0.432 e. The first-order valence-electron chi connectivity index (χ1n) is 3.46. The lowest BCUT2D eigenvalue weighted by atomic mass is 10.1. The van der Waals surface area contributed by atoms with Crippen LogP contribution in [0.4, 0.5) is 4.79 Å². The summed E-state index contributed by atoms with van der Waals surface area (Å²) in [6.45, 7) is 4.43. The lowest BCUT2D eigenvalue weighted by molar-refractivity contribution is 0.0658. The molecule has 0 aliphatic rings. The highest BCUT2D eigenvalue weighted by Gasteiger charge is 1.98. The van der Waals surface area contributed by atoms with Crippen LogP contribution in [0.3, 0.4) is 0 Å². The molecule has 3 heteroatoms. The maximum Gasteiger partial charge on any atom is 0.549 e. The van der Waals surface area contributed by atoms with E-state index in [-0.39, 0.29) is 6.61 Å². The van der Waals surface area contributed by atoms with Crippen molar-refractivity contribution in [1.29, 1.82) is 0 Å². The Morgan fingerprint density at radius 1 is 1.50 bits per heavy atom. The van der Waals surface area contributed by atoms with Crippen LogP contribution in [0.5, 0.6) is 0 Å². The van der Waals surface area contributed by atoms with Gasteiger partial charge >= 0.3 is 6.16 Å². The monoisotopic (exact) mass is 145 g/mol. The number of carbonyl (C=O) groups excluding carboxylic acids is 1. The molecule has 1 radical (unpaired) electrons. The highest BCUT2D eigenvalue weighted by Crippen LogP contribution is 2.02. The second-order valence-electron chi connectivity index (χ2n) is 2.63. The third-order valence-electron chi connectivity index (χ3n) is 1.15. The summed E-state index contributed by atoms with van der Waals surface area (Å²) in [7, 11) is 0. The second-order valence-corrected chi connectivity index (χ2v) is 2.63. The van der Waals surface area contributed by atoms with E-state index in [0.717, 1.165) is 12.8 Å². The zero-order valence-electron chi connectivity index (χ0n) is 6.42. The van der Waals surface area contributed by atoms with Crippen molar-refractivity contribution in [3.05, 3.63) is 0 Å². The summed E-state index contributed by atoms with van der Waals surface area (Å²) in [6, 6.07) is 0. The fourth-order valence-corrected chi connectivity index (χ4v) is 0.647. The molecule has 0 saturated carbocycles. The van der Waals surface area contributed by atoms with Gasteiger partial charge in [0.25, 0.3) is 0 Å². The van der Waals surface area contributed by atoms with Crippen molar-refractivity contribution < 1.29 is 14.6 Å². The molecule has 0 aliphatic carbocycles. The van der Waals surface area contributed by atoms with Gasteiger partial charge in [-0.2, -0.15) is 9.90 Å². The lowest BCUT2D eigenvalue weighted by Crippen LogP contribution is -2.01. The van der Waals surface area contributed by atoms with Crippen LogP contribution >= 0.6 is 0 Å². The van der Waals surface area contributed by atoms with Gasteiger partial charge in [0.05, 0.1) is 6.61 Å². The van der Waals surface area contributed by atoms with Crippen molar-refractivity contribution in [2.24, 2.45) is 5.92 Å². The Bertz CT molecular complexity index is 99.0. The van der Waals surface area contributed by atoms with Gasteiger partial charge in [-0.3, -0.25) is 0 Å². The van der Waals surface area contributed by atoms with Gasteiger partial charge in [0, 0.05) is 0 Å². The lowest BCUT2D eigenvalue weighted by Gasteiger charge is -2.01. The van der Waals surface area contributed by atoms with Crippen LogP contribution in [-0.2, 0) is 9.84 Å². The minimum absolute atomic E-state index is 0.264. The number of hydrogen-bond donors (Lipinski definition) is 0. The van der Waals surface area contributed by atoms with Crippen LogP contribution in [0.1, 0.15) is 26.7 Å². The van der Waals surface area contributed by atoms with Crippen molar-refractivity contribution in [1.82, 2.24) is 0 Å². The molecule has 59 valence electrons. The van der Waals surface area contributed by atoms with Crippen molar-refractivity contribution in [2.45, 2.75) is 26.7 Å². The SMILES string of the molecule is CC(C)CCCOC([O])=O. The third-order valence-corrected chi connectivity index (χ3v) is 1.15. The van der Waals surface area contributed by atoms with Gasteiger partial charge in [-0.15, -0.1) is 0 Å². The molecule has 0 amide bonds. The van der Waals surface area contributed by atoms with E-state index in [1.54, 1.807) is 0 Å². The van der Waals surface area contributed by atoms with Crippen molar-refractivity contribution in [3.63, 3.8) is 0 Å². The topological polar surface area (TPSA) is 46.2 Å². The zero-order chi connectivity index (χ0) is 7.98. The molecule has 0 aliphatic heterocycles. The van der Waals surface area contributed by atoms with Crippen LogP contribution in [0.25, 0.3) is 0 Å². The standard InChI is InChI=1S/C7H13O3/c1-6(2)4-3-5-10-7(8)9/h6H,3-5H2,1-2H3. The molecule has 0 unspecified atom stereocenters. The van der Waals surface area contributed by atoms with Gasteiger partial charge in [0.1, 0.15) is 0 Å². The van der Waals surface area contributed by atoms with E-state index in [4.69, 9.17) is 0 Å². The maximum atomic E-state index is 9.71. The van der Waals surface area contributed by atoms with E-state index in [9.17, 15) is 9.90 Å². The van der Waals surface area contributed by atoms with E-state index >= 15 is 0 Å². The molecule has 0 fully saturated rings. The maximum absolute atomic E-state index is 9.71. The van der Waals surface area contributed by atoms with Crippen LogP contribution in [0.2, 0.25) is 0 Å². The Morgan fingerprint density at radius 3 is 2.50 bits per heavy atom. The first kappa shape index (κ1) is 9.27. The fourth-order valence-electron chi connectivity index (χ4n) is 0.647. The fraction of sp³-hybridized carbons (Fsp3) is 0.857. The first-order valence-corrected chi connectivity index (χ1v) is 3.46. The average molecular weight is 145 g/mol. The van der Waals surface area contributed by atoms with Crippen molar-refractivity contribution >= 4 is 6.16 Å². The predicted molar refractivity (Wildman–Crippen MR) is 36.1 cm³/mol. The highest BCUT2D eigenvalue weighted by molar-refractivity contribution is 5.56. The van der Waals surface area contributed by atoms with E-state index < -0.39 is 6.16 Å². The molecular formula is C7H13O3. The van der Waals surface area contributed by atoms with Crippen LogP contribution < -0.4 is 0 Å². The van der Waals surface area contributed by atoms with Crippen LogP contribution in [-0.4, -0.2) is 12.8 Å². The Kier molecular flexibility index (Phi) is 4.72. The van der Waals surface area contributed by atoms with Crippen molar-refractivity contribution in [2.75, 3.05) is 6.61 Å². The number of rotatable bonds is 4. The summed E-state index contributed by atoms with van der Waals surface area (Å²) >= 11 is 0. The molecule has 10 heavy (non-hydrogen) atoms. The minimum atomic E-state index is -1.43. The predicted octanol–water partition coefficient (Wildman–Crippen LogP) is 1.99. The first-order chi connectivity index (χ1) is 4.63. The molecule has 0 rings (SSSR count). The van der Waals surface area contributed by atoms with E-state index in [1.165, 1.54) is 0 Å². The summed E-state index contributed by atoms with van der Waals surface area (Å²) in [5.74, 6) is 0.602. The average Bonchev–Trinajstić information content (AvgIpc) is 1.79. The quantitative estimate of drug-likeness (QED) is 0.448. The van der Waals surface area contributed by atoms with Crippen LogP contribution in [0.15, 0.2) is 0 Å². The van der Waals surface area contributed by atoms with E-state index in [0.29, 0.717) is 5.92 Å². The number of ether oxygens (including phenoxy) is 1. The van der Waals surface area contributed by atoms with Gasteiger partial charge in [-0.1, -0.05) is 13.8 Å². The molecule has 0 heterocycles. The van der Waals surface area contributed by atoms with E-state index in [2.05, 4.69) is 18.6 Å². The number of carbonyl (C=O) groups is 1. The van der Waals surface area contributed by atoms with Gasteiger partial charge in [-0.05, 0) is 18.8 Å². The summed E-state index contributed by atoms with van der Waals surface area (Å²) in [5, 5.41) is 9.71. The molecule has 0 bridgehead atoms. The molecule has 0 aromatic heterocycles. The smallest absolute Gasteiger partial charge is 0.432 e. The summed E-state index contributed by atoms with van der Waals surface area (Å²) in [5.41, 5.74) is 0. The molecule has 0 N–H and O–H groups in total.